The Labute approximate surface area is 84.1 Å². The van der Waals surface area contributed by atoms with Crippen LogP contribution in [0.2, 0.25) is 0 Å². The van der Waals surface area contributed by atoms with Gasteiger partial charge in [-0.1, -0.05) is 0 Å². The quantitative estimate of drug-likeness (QED) is 0.689. The lowest BCUT2D eigenvalue weighted by molar-refractivity contribution is -0.275. The highest BCUT2D eigenvalue weighted by atomic mass is 16.5. The summed E-state index contributed by atoms with van der Waals surface area (Å²) in [6.07, 6.45) is 3.63. The molecule has 1 aliphatic heterocycles. The minimum atomic E-state index is -0.919. The van der Waals surface area contributed by atoms with Crippen LogP contribution in [-0.2, 0) is 5.21 Å². The standard InChI is InChI=1S/C10H18NO3/c1-9(8-2-3-8)4-5-10(6-12,7-13)11(9)14/h8,12-13H,2-7H2,1H3. The maximum absolute atomic E-state index is 12.1. The van der Waals surface area contributed by atoms with Crippen LogP contribution in [0.3, 0.4) is 0 Å². The summed E-state index contributed by atoms with van der Waals surface area (Å²) < 4.78 is 0. The van der Waals surface area contributed by atoms with Crippen molar-refractivity contribution in [2.24, 2.45) is 5.92 Å². The lowest BCUT2D eigenvalue weighted by Gasteiger charge is -2.37. The van der Waals surface area contributed by atoms with Gasteiger partial charge in [-0.2, -0.15) is 0 Å². The molecule has 2 fully saturated rings. The van der Waals surface area contributed by atoms with E-state index in [2.05, 4.69) is 0 Å². The molecule has 1 unspecified atom stereocenters. The van der Waals surface area contributed by atoms with Gasteiger partial charge in [0, 0.05) is 0 Å². The van der Waals surface area contributed by atoms with Gasteiger partial charge in [-0.3, -0.25) is 0 Å². The van der Waals surface area contributed by atoms with Crippen molar-refractivity contribution in [2.45, 2.75) is 43.7 Å². The van der Waals surface area contributed by atoms with E-state index in [0.717, 1.165) is 24.3 Å². The second-order valence-electron chi connectivity index (χ2n) is 4.97. The second kappa shape index (κ2) is 3.17. The predicted molar refractivity (Wildman–Crippen MR) is 49.8 cm³/mol. The number of hydrogen-bond acceptors (Lipinski definition) is 3. The molecule has 0 bridgehead atoms. The van der Waals surface area contributed by atoms with E-state index in [-0.39, 0.29) is 18.8 Å². The second-order valence-corrected chi connectivity index (χ2v) is 4.97. The van der Waals surface area contributed by atoms with Crippen LogP contribution in [-0.4, -0.2) is 39.6 Å². The molecule has 2 rings (SSSR count). The number of aliphatic hydroxyl groups is 2. The van der Waals surface area contributed by atoms with E-state index in [4.69, 9.17) is 0 Å². The van der Waals surface area contributed by atoms with Crippen LogP contribution in [0.4, 0.5) is 0 Å². The normalized spacial score (nSPS) is 37.7. The zero-order valence-corrected chi connectivity index (χ0v) is 8.57. The summed E-state index contributed by atoms with van der Waals surface area (Å²) in [5.74, 6) is 0.472. The van der Waals surface area contributed by atoms with Gasteiger partial charge in [-0.05, 0) is 38.5 Å². The molecule has 2 N–H and O–H groups in total. The van der Waals surface area contributed by atoms with E-state index in [1.54, 1.807) is 0 Å². The Morgan fingerprint density at radius 2 is 1.86 bits per heavy atom. The van der Waals surface area contributed by atoms with Crippen LogP contribution in [0, 0.1) is 5.92 Å². The van der Waals surface area contributed by atoms with Gasteiger partial charge in [-0.15, -0.1) is 10.3 Å². The summed E-state index contributed by atoms with van der Waals surface area (Å²) >= 11 is 0. The minimum Gasteiger partial charge on any atom is -0.394 e. The first-order valence-corrected chi connectivity index (χ1v) is 5.28. The van der Waals surface area contributed by atoms with Gasteiger partial charge in [-0.25, -0.2) is 0 Å². The number of nitrogens with zero attached hydrogens (tertiary/aromatic N) is 1. The molecule has 0 amide bonds. The fourth-order valence-electron chi connectivity index (χ4n) is 2.64. The van der Waals surface area contributed by atoms with E-state index >= 15 is 0 Å². The van der Waals surface area contributed by atoms with E-state index in [9.17, 15) is 15.4 Å². The van der Waals surface area contributed by atoms with Crippen molar-refractivity contribution in [2.75, 3.05) is 13.2 Å². The van der Waals surface area contributed by atoms with Crippen molar-refractivity contribution >= 4 is 0 Å². The first-order valence-electron chi connectivity index (χ1n) is 5.28. The SMILES string of the molecule is CC1(C2CC2)CCC(CO)(CO)N1[O]. The number of rotatable bonds is 3. The minimum absolute atomic E-state index is 0.241. The van der Waals surface area contributed by atoms with E-state index in [0.29, 0.717) is 12.3 Å². The largest absolute Gasteiger partial charge is 0.394 e. The van der Waals surface area contributed by atoms with Crippen LogP contribution >= 0.6 is 0 Å². The molecule has 1 saturated heterocycles. The zero-order chi connectivity index (χ0) is 10.4. The van der Waals surface area contributed by atoms with Crippen LogP contribution in [0.5, 0.6) is 0 Å². The highest BCUT2D eigenvalue weighted by molar-refractivity contribution is 5.08. The third kappa shape index (κ3) is 1.21. The van der Waals surface area contributed by atoms with Crippen molar-refractivity contribution in [3.05, 3.63) is 0 Å². The maximum Gasteiger partial charge on any atom is 0.0960 e. The molecule has 4 heteroatoms. The van der Waals surface area contributed by atoms with Crippen molar-refractivity contribution in [3.63, 3.8) is 0 Å². The number of hydrogen-bond donors (Lipinski definition) is 2. The van der Waals surface area contributed by atoms with Gasteiger partial charge < -0.3 is 10.2 Å². The van der Waals surface area contributed by atoms with E-state index < -0.39 is 5.54 Å². The molecule has 0 spiro atoms. The van der Waals surface area contributed by atoms with Crippen molar-refractivity contribution in [1.29, 1.82) is 0 Å². The predicted octanol–water partition coefficient (Wildman–Crippen LogP) is 0.320. The molecular formula is C10H18NO3. The highest BCUT2D eigenvalue weighted by Crippen LogP contribution is 2.52. The molecule has 4 nitrogen and oxygen atoms in total. The topological polar surface area (TPSA) is 63.6 Å². The van der Waals surface area contributed by atoms with Gasteiger partial charge in [0.05, 0.1) is 24.3 Å². The Morgan fingerprint density at radius 1 is 1.29 bits per heavy atom. The Hall–Kier alpha value is -0.160. The Morgan fingerprint density at radius 3 is 2.21 bits per heavy atom. The van der Waals surface area contributed by atoms with Gasteiger partial charge in [0.2, 0.25) is 0 Å². The van der Waals surface area contributed by atoms with E-state index in [1.165, 1.54) is 0 Å². The molecule has 0 aromatic heterocycles. The lowest BCUT2D eigenvalue weighted by Crippen LogP contribution is -2.55. The fourth-order valence-corrected chi connectivity index (χ4v) is 2.64. The van der Waals surface area contributed by atoms with Crippen molar-refractivity contribution in [3.8, 4) is 0 Å². The van der Waals surface area contributed by atoms with Crippen LogP contribution < -0.4 is 0 Å². The maximum atomic E-state index is 12.1. The summed E-state index contributed by atoms with van der Waals surface area (Å²) in [5, 5.41) is 31.5. The first kappa shape index (κ1) is 10.4. The lowest BCUT2D eigenvalue weighted by atomic mass is 9.93. The Kier molecular flexibility index (Phi) is 2.34. The third-order valence-electron chi connectivity index (χ3n) is 4.04. The fraction of sp³-hybridized carbons (Fsp3) is 1.00. The molecule has 2 aliphatic rings. The van der Waals surface area contributed by atoms with Gasteiger partial charge in [0.15, 0.2) is 0 Å². The summed E-state index contributed by atoms with van der Waals surface area (Å²) in [6, 6.07) is 0. The summed E-state index contributed by atoms with van der Waals surface area (Å²) in [4.78, 5) is 0. The average molecular weight is 200 g/mol. The van der Waals surface area contributed by atoms with Gasteiger partial charge in [0.25, 0.3) is 0 Å². The Bertz CT molecular complexity index is 219. The smallest absolute Gasteiger partial charge is 0.0960 e. The summed E-state index contributed by atoms with van der Waals surface area (Å²) in [5.41, 5.74) is -1.26. The third-order valence-corrected chi connectivity index (χ3v) is 4.04. The van der Waals surface area contributed by atoms with Crippen LogP contribution in [0.1, 0.15) is 32.6 Å². The average Bonchev–Trinajstić information content (AvgIpc) is 3.00. The summed E-state index contributed by atoms with van der Waals surface area (Å²) in [7, 11) is 0. The monoisotopic (exact) mass is 200 g/mol. The van der Waals surface area contributed by atoms with Crippen LogP contribution in [0.25, 0.3) is 0 Å². The molecule has 1 saturated carbocycles. The van der Waals surface area contributed by atoms with Crippen molar-refractivity contribution in [1.82, 2.24) is 5.06 Å². The van der Waals surface area contributed by atoms with Gasteiger partial charge >= 0.3 is 0 Å². The number of aliphatic hydroxyl groups excluding tert-OH is 2. The van der Waals surface area contributed by atoms with Crippen molar-refractivity contribution < 1.29 is 15.4 Å². The molecule has 0 aromatic rings. The number of hydroxylamine groups is 2. The molecule has 1 aliphatic carbocycles. The zero-order valence-electron chi connectivity index (χ0n) is 8.57. The molecule has 1 heterocycles. The molecule has 14 heavy (non-hydrogen) atoms. The van der Waals surface area contributed by atoms with E-state index in [1.807, 2.05) is 6.92 Å². The van der Waals surface area contributed by atoms with Crippen LogP contribution in [0.15, 0.2) is 0 Å². The molecule has 1 radical (unpaired) electrons. The highest BCUT2D eigenvalue weighted by Gasteiger charge is 2.58. The molecule has 81 valence electrons. The molecule has 1 atom stereocenters. The van der Waals surface area contributed by atoms with Gasteiger partial charge in [0.1, 0.15) is 0 Å². The Balaban J connectivity index is 2.19. The first-order chi connectivity index (χ1) is 6.59. The summed E-state index contributed by atoms with van der Waals surface area (Å²) in [6.45, 7) is 1.48. The molecule has 0 aromatic carbocycles. The molecular weight excluding hydrogens is 182 g/mol.